The van der Waals surface area contributed by atoms with Crippen LogP contribution in [-0.4, -0.2) is 21.6 Å². The molecule has 0 aliphatic carbocycles. The summed E-state index contributed by atoms with van der Waals surface area (Å²) in [4.78, 5) is 12.1. The molecule has 2 aromatic rings. The van der Waals surface area contributed by atoms with Gasteiger partial charge in [-0.1, -0.05) is 6.92 Å². The van der Waals surface area contributed by atoms with E-state index in [-0.39, 0.29) is 17.8 Å². The lowest BCUT2D eigenvalue weighted by Crippen LogP contribution is -2.06. The fourth-order valence-corrected chi connectivity index (χ4v) is 1.63. The summed E-state index contributed by atoms with van der Waals surface area (Å²) >= 11 is 0. The molecule has 2 N–H and O–H groups in total. The third-order valence-corrected chi connectivity index (χ3v) is 2.50. The Kier molecular flexibility index (Phi) is 3.89. The van der Waals surface area contributed by atoms with Gasteiger partial charge in [-0.15, -0.1) is 0 Å². The van der Waals surface area contributed by atoms with Gasteiger partial charge in [-0.2, -0.15) is 15.0 Å². The van der Waals surface area contributed by atoms with Crippen molar-refractivity contribution in [2.24, 2.45) is 0 Å². The van der Waals surface area contributed by atoms with Crippen molar-refractivity contribution in [2.75, 3.05) is 12.3 Å². The van der Waals surface area contributed by atoms with E-state index in [1.807, 2.05) is 6.92 Å². The lowest BCUT2D eigenvalue weighted by Gasteiger charge is -2.07. The van der Waals surface area contributed by atoms with Crippen LogP contribution >= 0.6 is 0 Å². The Labute approximate surface area is 110 Å². The maximum Gasteiger partial charge on any atom is 0.321 e. The highest BCUT2D eigenvalue weighted by atomic mass is 19.1. The third kappa shape index (κ3) is 3.15. The monoisotopic (exact) mass is 262 g/mol. The summed E-state index contributed by atoms with van der Waals surface area (Å²) in [5.74, 6) is 0.168. The number of hydrogen-bond acceptors (Lipinski definition) is 5. The molecule has 5 nitrogen and oxygen atoms in total. The molecule has 0 fully saturated rings. The first-order chi connectivity index (χ1) is 9.10. The van der Waals surface area contributed by atoms with Crippen LogP contribution in [0.25, 0.3) is 11.4 Å². The topological polar surface area (TPSA) is 73.9 Å². The van der Waals surface area contributed by atoms with Crippen LogP contribution < -0.4 is 10.5 Å². The Balaban J connectivity index is 2.41. The van der Waals surface area contributed by atoms with E-state index in [1.54, 1.807) is 13.0 Å². The maximum atomic E-state index is 13.1. The molecule has 0 saturated heterocycles. The van der Waals surface area contributed by atoms with E-state index >= 15 is 0 Å². The van der Waals surface area contributed by atoms with Crippen molar-refractivity contribution in [3.63, 3.8) is 0 Å². The molecule has 0 atom stereocenters. The van der Waals surface area contributed by atoms with E-state index in [2.05, 4.69) is 15.0 Å². The number of benzene rings is 1. The first-order valence-electron chi connectivity index (χ1n) is 6.01. The highest BCUT2D eigenvalue weighted by Gasteiger charge is 2.10. The second-order valence-corrected chi connectivity index (χ2v) is 4.11. The zero-order chi connectivity index (χ0) is 13.8. The average molecular weight is 262 g/mol. The second kappa shape index (κ2) is 5.60. The molecule has 0 spiro atoms. The number of aromatic nitrogens is 3. The van der Waals surface area contributed by atoms with Gasteiger partial charge in [0.25, 0.3) is 0 Å². The van der Waals surface area contributed by atoms with Gasteiger partial charge in [-0.25, -0.2) is 4.39 Å². The van der Waals surface area contributed by atoms with Crippen molar-refractivity contribution in [1.29, 1.82) is 0 Å². The van der Waals surface area contributed by atoms with E-state index < -0.39 is 0 Å². The minimum atomic E-state index is -0.300. The summed E-state index contributed by atoms with van der Waals surface area (Å²) in [6.45, 7) is 4.27. The van der Waals surface area contributed by atoms with Gasteiger partial charge in [0, 0.05) is 5.56 Å². The molecule has 0 amide bonds. The third-order valence-electron chi connectivity index (χ3n) is 2.50. The van der Waals surface area contributed by atoms with Crippen LogP contribution in [0.1, 0.15) is 18.9 Å². The Bertz CT molecular complexity index is 589. The summed E-state index contributed by atoms with van der Waals surface area (Å²) in [6.07, 6.45) is 0.844. The number of rotatable bonds is 4. The quantitative estimate of drug-likeness (QED) is 0.915. The molecular formula is C13H15FN4O. The van der Waals surface area contributed by atoms with Gasteiger partial charge >= 0.3 is 6.01 Å². The van der Waals surface area contributed by atoms with E-state index in [4.69, 9.17) is 10.5 Å². The molecule has 19 heavy (non-hydrogen) atoms. The maximum absolute atomic E-state index is 13.1. The highest BCUT2D eigenvalue weighted by molar-refractivity contribution is 5.60. The number of aryl methyl sites for hydroxylation is 1. The molecular weight excluding hydrogens is 247 g/mol. The molecule has 0 aliphatic rings. The Morgan fingerprint density at radius 2 is 2.05 bits per heavy atom. The van der Waals surface area contributed by atoms with Crippen LogP contribution in [0.15, 0.2) is 18.2 Å². The van der Waals surface area contributed by atoms with Crippen LogP contribution in [-0.2, 0) is 0 Å². The minimum Gasteiger partial charge on any atom is -0.463 e. The van der Waals surface area contributed by atoms with Crippen molar-refractivity contribution in [3.8, 4) is 17.4 Å². The smallest absolute Gasteiger partial charge is 0.321 e. The molecule has 0 saturated carbocycles. The zero-order valence-corrected chi connectivity index (χ0v) is 10.9. The van der Waals surface area contributed by atoms with Gasteiger partial charge in [-0.3, -0.25) is 0 Å². The van der Waals surface area contributed by atoms with Gasteiger partial charge in [0.05, 0.1) is 6.61 Å². The molecule has 1 aromatic carbocycles. The average Bonchev–Trinajstić information content (AvgIpc) is 2.35. The number of halogens is 1. The predicted octanol–water partition coefficient (Wildman–Crippen LogP) is 2.36. The first kappa shape index (κ1) is 13.2. The Hall–Kier alpha value is -2.24. The number of nitrogen functional groups attached to an aromatic ring is 1. The van der Waals surface area contributed by atoms with Crippen molar-refractivity contribution >= 4 is 5.95 Å². The normalized spacial score (nSPS) is 10.5. The fourth-order valence-electron chi connectivity index (χ4n) is 1.63. The van der Waals surface area contributed by atoms with Gasteiger partial charge in [-0.05, 0) is 37.1 Å². The molecule has 1 aromatic heterocycles. The van der Waals surface area contributed by atoms with E-state index in [9.17, 15) is 4.39 Å². The Morgan fingerprint density at radius 3 is 2.74 bits per heavy atom. The molecule has 0 unspecified atom stereocenters. The SMILES string of the molecule is CCCOc1nc(N)nc(-c2ccc(F)cc2C)n1. The van der Waals surface area contributed by atoms with Crippen molar-refractivity contribution in [3.05, 3.63) is 29.6 Å². The standard InChI is InChI=1S/C13H15FN4O/c1-3-6-19-13-17-11(16-12(15)18-13)10-5-4-9(14)7-8(10)2/h4-5,7H,3,6H2,1-2H3,(H2,15,16,17,18). The molecule has 2 rings (SSSR count). The molecule has 0 aliphatic heterocycles. The van der Waals surface area contributed by atoms with Gasteiger partial charge in [0.1, 0.15) is 5.82 Å². The summed E-state index contributed by atoms with van der Waals surface area (Å²) < 4.78 is 18.4. The summed E-state index contributed by atoms with van der Waals surface area (Å²) in [6, 6.07) is 4.58. The number of ether oxygens (including phenoxy) is 1. The highest BCUT2D eigenvalue weighted by Crippen LogP contribution is 2.22. The van der Waals surface area contributed by atoms with Crippen molar-refractivity contribution in [1.82, 2.24) is 15.0 Å². The molecule has 1 heterocycles. The number of anilines is 1. The van der Waals surface area contributed by atoms with E-state index in [0.29, 0.717) is 18.0 Å². The van der Waals surface area contributed by atoms with E-state index in [0.717, 1.165) is 12.0 Å². The van der Waals surface area contributed by atoms with Gasteiger partial charge < -0.3 is 10.5 Å². The van der Waals surface area contributed by atoms with Crippen LogP contribution in [0.3, 0.4) is 0 Å². The first-order valence-corrected chi connectivity index (χ1v) is 6.01. The van der Waals surface area contributed by atoms with Crippen molar-refractivity contribution in [2.45, 2.75) is 20.3 Å². The van der Waals surface area contributed by atoms with Crippen LogP contribution in [0, 0.1) is 12.7 Å². The van der Waals surface area contributed by atoms with Gasteiger partial charge in [0.2, 0.25) is 5.95 Å². The minimum absolute atomic E-state index is 0.0832. The fraction of sp³-hybridized carbons (Fsp3) is 0.308. The molecule has 0 bridgehead atoms. The Morgan fingerprint density at radius 1 is 1.26 bits per heavy atom. The molecule has 0 radical (unpaired) electrons. The van der Waals surface area contributed by atoms with Crippen LogP contribution in [0.4, 0.5) is 10.3 Å². The zero-order valence-electron chi connectivity index (χ0n) is 10.9. The predicted molar refractivity (Wildman–Crippen MR) is 70.2 cm³/mol. The second-order valence-electron chi connectivity index (χ2n) is 4.11. The lowest BCUT2D eigenvalue weighted by molar-refractivity contribution is 0.292. The number of nitrogens with two attached hydrogens (primary N) is 1. The lowest BCUT2D eigenvalue weighted by atomic mass is 10.1. The number of nitrogens with zero attached hydrogens (tertiary/aromatic N) is 3. The van der Waals surface area contributed by atoms with Crippen molar-refractivity contribution < 1.29 is 9.13 Å². The summed E-state index contributed by atoms with van der Waals surface area (Å²) in [7, 11) is 0. The summed E-state index contributed by atoms with van der Waals surface area (Å²) in [5, 5.41) is 0. The number of hydrogen-bond donors (Lipinski definition) is 1. The van der Waals surface area contributed by atoms with Crippen LogP contribution in [0.2, 0.25) is 0 Å². The van der Waals surface area contributed by atoms with Crippen LogP contribution in [0.5, 0.6) is 6.01 Å². The molecule has 100 valence electrons. The van der Waals surface area contributed by atoms with Gasteiger partial charge in [0.15, 0.2) is 5.82 Å². The summed E-state index contributed by atoms with van der Waals surface area (Å²) in [5.41, 5.74) is 7.07. The largest absolute Gasteiger partial charge is 0.463 e. The molecule has 6 heteroatoms. The van der Waals surface area contributed by atoms with E-state index in [1.165, 1.54) is 12.1 Å².